The normalized spacial score (nSPS) is 10.2. The first-order valence-electron chi connectivity index (χ1n) is 9.19. The van der Waals surface area contributed by atoms with Crippen LogP contribution in [0.1, 0.15) is 41.0 Å². The molecule has 0 fully saturated rings. The van der Waals surface area contributed by atoms with Gasteiger partial charge in [-0.2, -0.15) is 0 Å². The lowest BCUT2D eigenvalue weighted by Gasteiger charge is -2.14. The number of amides is 2. The van der Waals surface area contributed by atoms with Gasteiger partial charge in [0.05, 0.1) is 24.8 Å². The molecule has 2 amide bonds. The van der Waals surface area contributed by atoms with Crippen LogP contribution in [-0.4, -0.2) is 30.6 Å². The van der Waals surface area contributed by atoms with Gasteiger partial charge < -0.3 is 9.47 Å². The number of benzene rings is 2. The van der Waals surface area contributed by atoms with Gasteiger partial charge in [-0.25, -0.2) is 0 Å². The minimum absolute atomic E-state index is 0.0461. The standard InChI is InChI=1S/C21H25N3O4S/c1-14(2)12-13-28-18-11-7-5-9-16(18)19(25)22-21(29)24-23-20(26)15-8-4-6-10-17(15)27-3/h4-11,14H,12-13H2,1-3H3,(H,23,26)(H2,22,24,25,29). The smallest absolute Gasteiger partial charge is 0.273 e. The molecule has 3 N–H and O–H groups in total. The molecular formula is C21H25N3O4S. The van der Waals surface area contributed by atoms with Crippen molar-refractivity contribution in [2.24, 2.45) is 5.92 Å². The monoisotopic (exact) mass is 415 g/mol. The Hall–Kier alpha value is -3.13. The fraction of sp³-hybridized carbons (Fsp3) is 0.286. The molecule has 0 aliphatic heterocycles. The highest BCUT2D eigenvalue weighted by atomic mass is 32.1. The molecule has 29 heavy (non-hydrogen) atoms. The number of rotatable bonds is 7. The third-order valence-corrected chi connectivity index (χ3v) is 4.16. The molecule has 0 aliphatic carbocycles. The van der Waals surface area contributed by atoms with Crippen molar-refractivity contribution in [3.63, 3.8) is 0 Å². The van der Waals surface area contributed by atoms with Gasteiger partial charge in [0.15, 0.2) is 5.11 Å². The lowest BCUT2D eigenvalue weighted by atomic mass is 10.1. The second-order valence-corrected chi connectivity index (χ2v) is 7.00. The van der Waals surface area contributed by atoms with Gasteiger partial charge >= 0.3 is 0 Å². The van der Waals surface area contributed by atoms with Gasteiger partial charge in [-0.05, 0) is 48.8 Å². The Bertz CT molecular complexity index is 871. The van der Waals surface area contributed by atoms with Crippen molar-refractivity contribution in [1.82, 2.24) is 16.2 Å². The second-order valence-electron chi connectivity index (χ2n) is 6.59. The zero-order valence-corrected chi connectivity index (χ0v) is 17.5. The summed E-state index contributed by atoms with van der Waals surface area (Å²) in [6.07, 6.45) is 0.880. The number of methoxy groups -OCH3 is 1. The molecule has 0 saturated heterocycles. The topological polar surface area (TPSA) is 88.7 Å². The molecule has 0 aliphatic rings. The summed E-state index contributed by atoms with van der Waals surface area (Å²) in [6, 6.07) is 13.7. The van der Waals surface area contributed by atoms with E-state index in [0.717, 1.165) is 6.42 Å². The molecule has 0 heterocycles. The van der Waals surface area contributed by atoms with E-state index in [1.165, 1.54) is 7.11 Å². The first kappa shape index (κ1) is 22.2. The molecule has 7 nitrogen and oxygen atoms in total. The summed E-state index contributed by atoms with van der Waals surface area (Å²) in [4.78, 5) is 24.8. The van der Waals surface area contributed by atoms with Crippen molar-refractivity contribution >= 4 is 29.1 Å². The predicted molar refractivity (Wildman–Crippen MR) is 115 cm³/mol. The molecule has 2 aromatic rings. The van der Waals surface area contributed by atoms with Crippen LogP contribution in [0.15, 0.2) is 48.5 Å². The third kappa shape index (κ3) is 6.76. The van der Waals surface area contributed by atoms with E-state index in [1.54, 1.807) is 48.5 Å². The van der Waals surface area contributed by atoms with Crippen LogP contribution in [0.5, 0.6) is 11.5 Å². The Morgan fingerprint density at radius 1 is 0.931 bits per heavy atom. The third-order valence-electron chi connectivity index (χ3n) is 3.95. The number of nitrogens with one attached hydrogen (secondary N) is 3. The molecule has 0 unspecified atom stereocenters. The first-order chi connectivity index (χ1) is 13.9. The lowest BCUT2D eigenvalue weighted by molar-refractivity contribution is 0.0931. The van der Waals surface area contributed by atoms with Crippen LogP contribution in [0.25, 0.3) is 0 Å². The van der Waals surface area contributed by atoms with E-state index < -0.39 is 11.8 Å². The van der Waals surface area contributed by atoms with Gasteiger partial charge in [-0.3, -0.25) is 25.8 Å². The summed E-state index contributed by atoms with van der Waals surface area (Å²) >= 11 is 5.09. The maximum Gasteiger partial charge on any atom is 0.273 e. The van der Waals surface area contributed by atoms with E-state index >= 15 is 0 Å². The van der Waals surface area contributed by atoms with Crippen molar-refractivity contribution < 1.29 is 19.1 Å². The molecule has 154 valence electrons. The van der Waals surface area contributed by atoms with Crippen LogP contribution >= 0.6 is 12.2 Å². The van der Waals surface area contributed by atoms with Gasteiger partial charge in [-0.15, -0.1) is 0 Å². The fourth-order valence-electron chi connectivity index (χ4n) is 2.40. The summed E-state index contributed by atoms with van der Waals surface area (Å²) in [7, 11) is 1.48. The minimum atomic E-state index is -0.448. The Balaban J connectivity index is 1.92. The SMILES string of the molecule is COc1ccccc1C(=O)NNC(=S)NC(=O)c1ccccc1OCCC(C)C. The fourth-order valence-corrected chi connectivity index (χ4v) is 2.54. The van der Waals surface area contributed by atoms with E-state index in [4.69, 9.17) is 21.7 Å². The number of carbonyl (C=O) groups excluding carboxylic acids is 2. The number of thiocarbonyl (C=S) groups is 1. The molecule has 0 bridgehead atoms. The van der Waals surface area contributed by atoms with Crippen LogP contribution in [0.2, 0.25) is 0 Å². The highest BCUT2D eigenvalue weighted by Gasteiger charge is 2.15. The molecule has 0 radical (unpaired) electrons. The number of hydrogen-bond donors (Lipinski definition) is 3. The number of para-hydroxylation sites is 2. The molecule has 8 heteroatoms. The van der Waals surface area contributed by atoms with Crippen LogP contribution in [0.3, 0.4) is 0 Å². The molecule has 2 aromatic carbocycles. The van der Waals surface area contributed by atoms with Crippen LogP contribution in [0, 0.1) is 5.92 Å². The summed E-state index contributed by atoms with van der Waals surface area (Å²) in [6.45, 7) is 4.72. The molecule has 2 rings (SSSR count). The number of hydrazine groups is 1. The van der Waals surface area contributed by atoms with E-state index in [9.17, 15) is 9.59 Å². The average molecular weight is 416 g/mol. The molecule has 0 aromatic heterocycles. The highest BCUT2D eigenvalue weighted by molar-refractivity contribution is 7.80. The van der Waals surface area contributed by atoms with E-state index in [0.29, 0.717) is 35.2 Å². The zero-order valence-electron chi connectivity index (χ0n) is 16.7. The van der Waals surface area contributed by atoms with Gasteiger partial charge in [0.25, 0.3) is 11.8 Å². The van der Waals surface area contributed by atoms with Crippen molar-refractivity contribution in [3.8, 4) is 11.5 Å². The van der Waals surface area contributed by atoms with Gasteiger partial charge in [-0.1, -0.05) is 38.1 Å². The molecular weight excluding hydrogens is 390 g/mol. The van der Waals surface area contributed by atoms with Crippen LogP contribution in [0.4, 0.5) is 0 Å². The average Bonchev–Trinajstić information content (AvgIpc) is 2.72. The minimum Gasteiger partial charge on any atom is -0.496 e. The van der Waals surface area contributed by atoms with Crippen molar-refractivity contribution in [3.05, 3.63) is 59.7 Å². The number of hydrogen-bond acceptors (Lipinski definition) is 5. The molecule has 0 atom stereocenters. The Kier molecular flexibility index (Phi) is 8.42. The second kappa shape index (κ2) is 11.0. The van der Waals surface area contributed by atoms with Gasteiger partial charge in [0, 0.05) is 0 Å². The maximum atomic E-state index is 12.5. The molecule has 0 saturated carbocycles. The van der Waals surface area contributed by atoms with Crippen molar-refractivity contribution in [1.29, 1.82) is 0 Å². The van der Waals surface area contributed by atoms with E-state index in [2.05, 4.69) is 30.0 Å². The Labute approximate surface area is 175 Å². The summed E-state index contributed by atoms with van der Waals surface area (Å²) in [5.74, 6) is 0.519. The first-order valence-corrected chi connectivity index (χ1v) is 9.59. The lowest BCUT2D eigenvalue weighted by Crippen LogP contribution is -2.48. The summed E-state index contributed by atoms with van der Waals surface area (Å²) < 4.78 is 10.9. The predicted octanol–water partition coefficient (Wildman–Crippen LogP) is 3.07. The zero-order chi connectivity index (χ0) is 21.2. The van der Waals surface area contributed by atoms with Crippen LogP contribution in [-0.2, 0) is 0 Å². The largest absolute Gasteiger partial charge is 0.496 e. The van der Waals surface area contributed by atoms with E-state index in [1.807, 2.05) is 0 Å². The van der Waals surface area contributed by atoms with Crippen molar-refractivity contribution in [2.75, 3.05) is 13.7 Å². The van der Waals surface area contributed by atoms with Crippen LogP contribution < -0.4 is 25.6 Å². The van der Waals surface area contributed by atoms with Gasteiger partial charge in [0.1, 0.15) is 11.5 Å². The van der Waals surface area contributed by atoms with Crippen molar-refractivity contribution in [2.45, 2.75) is 20.3 Å². The highest BCUT2D eigenvalue weighted by Crippen LogP contribution is 2.19. The van der Waals surface area contributed by atoms with E-state index in [-0.39, 0.29) is 5.11 Å². The van der Waals surface area contributed by atoms with Gasteiger partial charge in [0.2, 0.25) is 0 Å². The molecule has 0 spiro atoms. The number of carbonyl (C=O) groups is 2. The Morgan fingerprint density at radius 3 is 2.14 bits per heavy atom. The Morgan fingerprint density at radius 2 is 1.52 bits per heavy atom. The quantitative estimate of drug-likeness (QED) is 0.476. The number of ether oxygens (including phenoxy) is 2. The summed E-state index contributed by atoms with van der Waals surface area (Å²) in [5.41, 5.74) is 5.64. The maximum absolute atomic E-state index is 12.5. The summed E-state index contributed by atoms with van der Waals surface area (Å²) in [5, 5.41) is 2.48.